The summed E-state index contributed by atoms with van der Waals surface area (Å²) in [7, 11) is 3.00. The van der Waals surface area contributed by atoms with Crippen LogP contribution in [0.15, 0.2) is 41.4 Å². The van der Waals surface area contributed by atoms with Gasteiger partial charge < -0.3 is 25.2 Å². The van der Waals surface area contributed by atoms with E-state index in [0.29, 0.717) is 29.0 Å². The van der Waals surface area contributed by atoms with E-state index in [1.807, 2.05) is 31.2 Å². The summed E-state index contributed by atoms with van der Waals surface area (Å²) < 4.78 is 10.4. The molecule has 1 atom stereocenters. The van der Waals surface area contributed by atoms with Crippen LogP contribution in [0.3, 0.4) is 0 Å². The maximum atomic E-state index is 10.0. The third-order valence-corrected chi connectivity index (χ3v) is 4.28. The highest BCUT2D eigenvalue weighted by molar-refractivity contribution is 14.0. The Hall–Kier alpha value is -1.87. The molecular weight excluding hydrogens is 493 g/mol. The first kappa shape index (κ1) is 24.2. The van der Waals surface area contributed by atoms with Gasteiger partial charge in [-0.1, -0.05) is 23.7 Å². The maximum Gasteiger partial charge on any atom is 0.200 e. The van der Waals surface area contributed by atoms with Gasteiger partial charge in [0.1, 0.15) is 0 Å². The van der Waals surface area contributed by atoms with Gasteiger partial charge in [-0.3, -0.25) is 0 Å². The van der Waals surface area contributed by atoms with Gasteiger partial charge >= 0.3 is 0 Å². The Labute approximate surface area is 188 Å². The number of aliphatic imine (C=N–C) groups is 1. The zero-order valence-corrected chi connectivity index (χ0v) is 19.5. The molecule has 0 fully saturated rings. The number of guanidine groups is 1. The number of phenolic OH excluding ortho intramolecular Hbond substituents is 1. The van der Waals surface area contributed by atoms with Crippen LogP contribution < -0.4 is 20.1 Å². The molecule has 3 N–H and O–H groups in total. The summed E-state index contributed by atoms with van der Waals surface area (Å²) in [4.78, 5) is 4.62. The summed E-state index contributed by atoms with van der Waals surface area (Å²) in [6.45, 7) is 5.20. The quantitative estimate of drug-likeness (QED) is 0.285. The Morgan fingerprint density at radius 2 is 1.71 bits per heavy atom. The molecule has 0 aliphatic heterocycles. The van der Waals surface area contributed by atoms with Crippen molar-refractivity contribution in [2.75, 3.05) is 20.8 Å². The van der Waals surface area contributed by atoms with E-state index >= 15 is 0 Å². The SMILES string of the molecule is CCNC(=NCc1cc(OC)c(O)c(OC)c1)NC(C)c1ccc(Cl)cc1.I. The smallest absolute Gasteiger partial charge is 0.200 e. The lowest BCUT2D eigenvalue weighted by Crippen LogP contribution is -2.38. The number of rotatable bonds is 7. The molecule has 0 aliphatic rings. The normalized spacial score (nSPS) is 12.0. The number of methoxy groups -OCH3 is 2. The molecule has 0 saturated carbocycles. The lowest BCUT2D eigenvalue weighted by Gasteiger charge is -2.18. The number of ether oxygens (including phenoxy) is 2. The number of nitrogens with zero attached hydrogens (tertiary/aromatic N) is 1. The fourth-order valence-corrected chi connectivity index (χ4v) is 2.70. The number of phenols is 1. The van der Waals surface area contributed by atoms with Crippen molar-refractivity contribution in [3.8, 4) is 17.2 Å². The molecule has 0 aromatic heterocycles. The van der Waals surface area contributed by atoms with Gasteiger partial charge in [-0.2, -0.15) is 0 Å². The van der Waals surface area contributed by atoms with E-state index in [9.17, 15) is 5.11 Å². The van der Waals surface area contributed by atoms with Crippen LogP contribution >= 0.6 is 35.6 Å². The van der Waals surface area contributed by atoms with Crippen LogP contribution in [0.5, 0.6) is 17.2 Å². The Kier molecular flexibility index (Phi) is 10.2. The minimum Gasteiger partial charge on any atom is -0.502 e. The largest absolute Gasteiger partial charge is 0.502 e. The van der Waals surface area contributed by atoms with E-state index in [1.54, 1.807) is 12.1 Å². The van der Waals surface area contributed by atoms with Gasteiger partial charge in [0.15, 0.2) is 17.5 Å². The first-order chi connectivity index (χ1) is 13.0. The predicted octanol–water partition coefficient (Wildman–Crippen LogP) is 4.50. The molecule has 1 unspecified atom stereocenters. The highest BCUT2D eigenvalue weighted by Gasteiger charge is 2.12. The zero-order valence-electron chi connectivity index (χ0n) is 16.5. The predicted molar refractivity (Wildman–Crippen MR) is 124 cm³/mol. The molecule has 0 aliphatic carbocycles. The first-order valence-corrected chi connectivity index (χ1v) is 9.10. The van der Waals surface area contributed by atoms with Gasteiger partial charge in [0.2, 0.25) is 5.75 Å². The van der Waals surface area contributed by atoms with Crippen molar-refractivity contribution >= 4 is 41.5 Å². The molecule has 0 bridgehead atoms. The van der Waals surface area contributed by atoms with Crippen LogP contribution in [0.25, 0.3) is 0 Å². The topological polar surface area (TPSA) is 75.1 Å². The van der Waals surface area contributed by atoms with Crippen LogP contribution in [0.2, 0.25) is 5.02 Å². The fourth-order valence-electron chi connectivity index (χ4n) is 2.57. The van der Waals surface area contributed by atoms with E-state index in [0.717, 1.165) is 17.7 Å². The summed E-state index contributed by atoms with van der Waals surface area (Å²) in [5.41, 5.74) is 1.97. The van der Waals surface area contributed by atoms with E-state index in [-0.39, 0.29) is 35.8 Å². The standard InChI is InChI=1S/C20H26ClN3O3.HI/c1-5-22-20(24-13(2)15-6-8-16(21)9-7-15)23-12-14-10-17(26-3)19(25)18(11-14)27-4;/h6-11,13,25H,5,12H2,1-4H3,(H2,22,23,24);1H. The summed E-state index contributed by atoms with van der Waals surface area (Å²) in [6.07, 6.45) is 0. The summed E-state index contributed by atoms with van der Waals surface area (Å²) in [5.74, 6) is 1.37. The average Bonchev–Trinajstić information content (AvgIpc) is 2.67. The minimum atomic E-state index is -0.0193. The molecule has 0 radical (unpaired) electrons. The van der Waals surface area contributed by atoms with Crippen molar-refractivity contribution < 1.29 is 14.6 Å². The second-order valence-electron chi connectivity index (χ2n) is 5.96. The Morgan fingerprint density at radius 3 is 2.21 bits per heavy atom. The summed E-state index contributed by atoms with van der Waals surface area (Å²) in [6, 6.07) is 11.3. The van der Waals surface area contributed by atoms with Crippen LogP contribution in [-0.4, -0.2) is 31.8 Å². The minimum absolute atomic E-state index is 0. The molecule has 2 aromatic rings. The Bertz CT molecular complexity index is 760. The molecule has 2 rings (SSSR count). The number of halogens is 2. The Balaban J connectivity index is 0.00000392. The lowest BCUT2D eigenvalue weighted by atomic mass is 10.1. The van der Waals surface area contributed by atoms with Gasteiger partial charge in [0.25, 0.3) is 0 Å². The van der Waals surface area contributed by atoms with Crippen molar-refractivity contribution in [1.29, 1.82) is 0 Å². The number of benzene rings is 2. The van der Waals surface area contributed by atoms with E-state index in [1.165, 1.54) is 14.2 Å². The van der Waals surface area contributed by atoms with Crippen LogP contribution in [-0.2, 0) is 6.54 Å². The second kappa shape index (κ2) is 11.9. The Morgan fingerprint density at radius 1 is 1.14 bits per heavy atom. The summed E-state index contributed by atoms with van der Waals surface area (Å²) >= 11 is 5.96. The molecular formula is C20H27ClIN3O3. The van der Waals surface area contributed by atoms with Gasteiger partial charge in [0.05, 0.1) is 26.8 Å². The third-order valence-electron chi connectivity index (χ3n) is 4.03. The number of nitrogens with one attached hydrogen (secondary N) is 2. The molecule has 6 nitrogen and oxygen atoms in total. The van der Waals surface area contributed by atoms with Crippen LogP contribution in [0.4, 0.5) is 0 Å². The summed E-state index contributed by atoms with van der Waals surface area (Å²) in [5, 5.41) is 17.3. The number of hydrogen-bond donors (Lipinski definition) is 3. The van der Waals surface area contributed by atoms with Gasteiger partial charge in [-0.05, 0) is 49.2 Å². The highest BCUT2D eigenvalue weighted by Crippen LogP contribution is 2.37. The van der Waals surface area contributed by atoms with Crippen LogP contribution in [0.1, 0.15) is 31.0 Å². The van der Waals surface area contributed by atoms with Crippen LogP contribution in [0, 0.1) is 0 Å². The van der Waals surface area contributed by atoms with Gasteiger partial charge in [0, 0.05) is 11.6 Å². The molecule has 0 heterocycles. The lowest BCUT2D eigenvalue weighted by molar-refractivity contribution is 0.339. The maximum absolute atomic E-state index is 10.0. The highest BCUT2D eigenvalue weighted by atomic mass is 127. The molecule has 8 heteroatoms. The zero-order chi connectivity index (χ0) is 19.8. The third kappa shape index (κ3) is 6.63. The van der Waals surface area contributed by atoms with Gasteiger partial charge in [-0.25, -0.2) is 4.99 Å². The van der Waals surface area contributed by atoms with Crippen molar-refractivity contribution in [3.63, 3.8) is 0 Å². The monoisotopic (exact) mass is 519 g/mol. The number of aromatic hydroxyl groups is 1. The van der Waals surface area contributed by atoms with Crippen molar-refractivity contribution in [1.82, 2.24) is 10.6 Å². The van der Waals surface area contributed by atoms with Crippen molar-refractivity contribution in [2.24, 2.45) is 4.99 Å². The van der Waals surface area contributed by atoms with Crippen molar-refractivity contribution in [2.45, 2.75) is 26.4 Å². The average molecular weight is 520 g/mol. The van der Waals surface area contributed by atoms with Crippen molar-refractivity contribution in [3.05, 3.63) is 52.5 Å². The molecule has 0 spiro atoms. The molecule has 0 saturated heterocycles. The van der Waals surface area contributed by atoms with E-state index in [2.05, 4.69) is 22.5 Å². The molecule has 154 valence electrons. The molecule has 28 heavy (non-hydrogen) atoms. The van der Waals surface area contributed by atoms with Gasteiger partial charge in [-0.15, -0.1) is 24.0 Å². The van der Waals surface area contributed by atoms with E-state index in [4.69, 9.17) is 21.1 Å². The molecule has 0 amide bonds. The second-order valence-corrected chi connectivity index (χ2v) is 6.40. The molecule has 2 aromatic carbocycles. The number of hydrogen-bond acceptors (Lipinski definition) is 4. The van der Waals surface area contributed by atoms with E-state index < -0.39 is 0 Å². The fraction of sp³-hybridized carbons (Fsp3) is 0.350. The first-order valence-electron chi connectivity index (χ1n) is 8.72.